The quantitative estimate of drug-likeness (QED) is 0.750. The van der Waals surface area contributed by atoms with Gasteiger partial charge < -0.3 is 4.52 Å². The van der Waals surface area contributed by atoms with Crippen LogP contribution in [0.5, 0.6) is 0 Å². The van der Waals surface area contributed by atoms with Gasteiger partial charge in [-0.3, -0.25) is 9.09 Å². The highest BCUT2D eigenvalue weighted by Crippen LogP contribution is 2.01. The number of hydrogen-bond acceptors (Lipinski definition) is 6. The zero-order valence-electron chi connectivity index (χ0n) is 9.13. The van der Waals surface area contributed by atoms with Crippen molar-refractivity contribution in [1.82, 2.24) is 19.9 Å². The van der Waals surface area contributed by atoms with Gasteiger partial charge in [0.1, 0.15) is 0 Å². The molecule has 7 nitrogen and oxygen atoms in total. The number of hydrogen-bond donors (Lipinski definition) is 0. The lowest BCUT2D eigenvalue weighted by molar-refractivity contribution is 0.361. The van der Waals surface area contributed by atoms with Crippen molar-refractivity contribution >= 4 is 0 Å². The molecule has 16 heavy (non-hydrogen) atoms. The summed E-state index contributed by atoms with van der Waals surface area (Å²) in [5, 5.41) is 7.25. The van der Waals surface area contributed by atoms with E-state index in [1.54, 1.807) is 13.8 Å². The minimum Gasteiger partial charge on any atom is -0.339 e. The fourth-order valence-corrected chi connectivity index (χ4v) is 1.42. The molecule has 0 atom stereocenters. The predicted molar refractivity (Wildman–Crippen MR) is 52.9 cm³/mol. The largest absolute Gasteiger partial charge is 0.441 e. The topological polar surface area (TPSA) is 87.0 Å². The average molecular weight is 224 g/mol. The van der Waals surface area contributed by atoms with Crippen LogP contribution in [0.4, 0.5) is 0 Å². The van der Waals surface area contributed by atoms with Crippen molar-refractivity contribution in [2.24, 2.45) is 0 Å². The Morgan fingerprint density at radius 3 is 2.62 bits per heavy atom. The van der Waals surface area contributed by atoms with E-state index in [1.165, 1.54) is 4.57 Å². The molecule has 0 aliphatic rings. The standard InChI is InChI=1S/C9H12N4O3/c1-6-10-8(15-11-6)4-3-5-13-7(2)12-16-9(13)14/h3-5H2,1-2H3. The summed E-state index contributed by atoms with van der Waals surface area (Å²) in [6.45, 7) is 4.03. The maximum Gasteiger partial charge on any atom is 0.441 e. The first-order valence-corrected chi connectivity index (χ1v) is 4.99. The fourth-order valence-electron chi connectivity index (χ4n) is 1.42. The van der Waals surface area contributed by atoms with Crippen molar-refractivity contribution in [3.63, 3.8) is 0 Å². The summed E-state index contributed by atoms with van der Waals surface area (Å²) < 4.78 is 10.9. The van der Waals surface area contributed by atoms with Crippen LogP contribution in [0, 0.1) is 13.8 Å². The highest BCUT2D eigenvalue weighted by atomic mass is 16.5. The molecule has 2 aromatic rings. The van der Waals surface area contributed by atoms with Gasteiger partial charge in [-0.25, -0.2) is 4.79 Å². The minimum absolute atomic E-state index is 0.431. The molecule has 0 N–H and O–H groups in total. The molecule has 7 heteroatoms. The van der Waals surface area contributed by atoms with Gasteiger partial charge in [-0.2, -0.15) is 4.98 Å². The van der Waals surface area contributed by atoms with Crippen LogP contribution in [0.3, 0.4) is 0 Å². The Kier molecular flexibility index (Phi) is 2.84. The van der Waals surface area contributed by atoms with Crippen molar-refractivity contribution in [1.29, 1.82) is 0 Å². The molecule has 0 unspecified atom stereocenters. The van der Waals surface area contributed by atoms with E-state index >= 15 is 0 Å². The molecule has 0 aromatic carbocycles. The molecule has 2 aromatic heterocycles. The van der Waals surface area contributed by atoms with Gasteiger partial charge >= 0.3 is 5.76 Å². The Hall–Kier alpha value is -1.92. The third-order valence-corrected chi connectivity index (χ3v) is 2.21. The molecule has 2 rings (SSSR count). The van der Waals surface area contributed by atoms with Gasteiger partial charge in [0.05, 0.1) is 0 Å². The SMILES string of the molecule is Cc1noc(CCCn2c(C)noc2=O)n1. The zero-order valence-corrected chi connectivity index (χ0v) is 9.13. The van der Waals surface area contributed by atoms with Gasteiger partial charge in [-0.1, -0.05) is 10.3 Å². The summed E-state index contributed by atoms with van der Waals surface area (Å²) >= 11 is 0. The molecule has 0 amide bonds. The van der Waals surface area contributed by atoms with Crippen LogP contribution in [-0.4, -0.2) is 19.9 Å². The second-order valence-electron chi connectivity index (χ2n) is 3.49. The molecule has 0 fully saturated rings. The fraction of sp³-hybridized carbons (Fsp3) is 0.556. The Bertz CT molecular complexity index is 525. The molecule has 0 spiro atoms. The zero-order chi connectivity index (χ0) is 11.5. The monoisotopic (exact) mass is 224 g/mol. The summed E-state index contributed by atoms with van der Waals surface area (Å²) in [6, 6.07) is 0. The lowest BCUT2D eigenvalue weighted by Crippen LogP contribution is -2.16. The maximum atomic E-state index is 11.2. The van der Waals surface area contributed by atoms with E-state index in [-0.39, 0.29) is 0 Å². The number of nitrogens with zero attached hydrogens (tertiary/aromatic N) is 4. The molecule has 0 bridgehead atoms. The van der Waals surface area contributed by atoms with Crippen molar-refractivity contribution in [3.05, 3.63) is 28.1 Å². The van der Waals surface area contributed by atoms with Gasteiger partial charge in [-0.05, 0) is 20.3 Å². The summed E-state index contributed by atoms with van der Waals surface area (Å²) in [7, 11) is 0. The molecule has 0 aliphatic carbocycles. The van der Waals surface area contributed by atoms with E-state index in [1.807, 2.05) is 0 Å². The summed E-state index contributed by atoms with van der Waals surface area (Å²) in [5.41, 5.74) is 0. The first-order valence-electron chi connectivity index (χ1n) is 4.99. The van der Waals surface area contributed by atoms with E-state index in [4.69, 9.17) is 4.52 Å². The summed E-state index contributed by atoms with van der Waals surface area (Å²) in [6.07, 6.45) is 1.36. The van der Waals surface area contributed by atoms with Crippen LogP contribution in [0.25, 0.3) is 0 Å². The molecular weight excluding hydrogens is 212 g/mol. The first kappa shape index (κ1) is 10.6. The lowest BCUT2D eigenvalue weighted by atomic mass is 10.3. The van der Waals surface area contributed by atoms with Crippen LogP contribution in [0.15, 0.2) is 13.8 Å². The van der Waals surface area contributed by atoms with Crippen LogP contribution in [0.1, 0.15) is 24.0 Å². The second kappa shape index (κ2) is 4.30. The lowest BCUT2D eigenvalue weighted by Gasteiger charge is -1.98. The summed E-state index contributed by atoms with van der Waals surface area (Å²) in [4.78, 5) is 15.2. The van der Waals surface area contributed by atoms with Gasteiger partial charge in [0.2, 0.25) is 5.89 Å². The van der Waals surface area contributed by atoms with Crippen molar-refractivity contribution < 1.29 is 9.05 Å². The Morgan fingerprint density at radius 1 is 1.25 bits per heavy atom. The van der Waals surface area contributed by atoms with E-state index in [2.05, 4.69) is 19.8 Å². The van der Waals surface area contributed by atoms with Crippen LogP contribution < -0.4 is 5.76 Å². The molecule has 2 heterocycles. The van der Waals surface area contributed by atoms with Crippen molar-refractivity contribution in [2.45, 2.75) is 33.2 Å². The second-order valence-corrected chi connectivity index (χ2v) is 3.49. The van der Waals surface area contributed by atoms with E-state index in [0.29, 0.717) is 30.5 Å². The van der Waals surface area contributed by atoms with Crippen molar-refractivity contribution in [3.8, 4) is 0 Å². The van der Waals surface area contributed by atoms with Gasteiger partial charge in [0.15, 0.2) is 11.6 Å². The Morgan fingerprint density at radius 2 is 2.06 bits per heavy atom. The molecule has 0 radical (unpaired) electrons. The van der Waals surface area contributed by atoms with Crippen LogP contribution in [-0.2, 0) is 13.0 Å². The third kappa shape index (κ3) is 2.18. The molecule has 0 saturated heterocycles. The first-order chi connectivity index (χ1) is 7.66. The Balaban J connectivity index is 1.91. The minimum atomic E-state index is -0.431. The Labute approximate surface area is 91.1 Å². The van der Waals surface area contributed by atoms with Crippen LogP contribution in [0.2, 0.25) is 0 Å². The molecule has 86 valence electrons. The van der Waals surface area contributed by atoms with E-state index in [0.717, 1.165) is 6.42 Å². The average Bonchev–Trinajstić information content (AvgIpc) is 2.78. The van der Waals surface area contributed by atoms with Crippen LogP contribution >= 0.6 is 0 Å². The summed E-state index contributed by atoms with van der Waals surface area (Å²) in [5.74, 6) is 1.35. The highest BCUT2D eigenvalue weighted by Gasteiger charge is 2.07. The van der Waals surface area contributed by atoms with Gasteiger partial charge in [0, 0.05) is 13.0 Å². The van der Waals surface area contributed by atoms with Gasteiger partial charge in [-0.15, -0.1) is 0 Å². The number of aryl methyl sites for hydroxylation is 3. The third-order valence-electron chi connectivity index (χ3n) is 2.21. The predicted octanol–water partition coefficient (Wildman–Crippen LogP) is 0.469. The highest BCUT2D eigenvalue weighted by molar-refractivity contribution is 4.83. The number of rotatable bonds is 4. The molecule has 0 saturated carbocycles. The smallest absolute Gasteiger partial charge is 0.339 e. The van der Waals surface area contributed by atoms with Gasteiger partial charge in [0.25, 0.3) is 0 Å². The van der Waals surface area contributed by atoms with E-state index in [9.17, 15) is 4.79 Å². The number of aromatic nitrogens is 4. The normalized spacial score (nSPS) is 10.9. The van der Waals surface area contributed by atoms with Crippen molar-refractivity contribution in [2.75, 3.05) is 0 Å². The molecular formula is C9H12N4O3. The van der Waals surface area contributed by atoms with E-state index < -0.39 is 5.76 Å². The molecule has 0 aliphatic heterocycles. The maximum absolute atomic E-state index is 11.2.